The summed E-state index contributed by atoms with van der Waals surface area (Å²) in [6.07, 6.45) is 4.40. The molecule has 2 unspecified atom stereocenters. The van der Waals surface area contributed by atoms with Crippen LogP contribution in [0.1, 0.15) is 24.2 Å². The first-order valence-corrected chi connectivity index (χ1v) is 7.38. The van der Waals surface area contributed by atoms with Gasteiger partial charge in [-0.05, 0) is 6.42 Å². The van der Waals surface area contributed by atoms with Gasteiger partial charge >= 0.3 is 11.1 Å². The van der Waals surface area contributed by atoms with Gasteiger partial charge in [0, 0.05) is 31.9 Å². The Morgan fingerprint density at radius 3 is 2.71 bits per heavy atom. The topological polar surface area (TPSA) is 112 Å². The summed E-state index contributed by atoms with van der Waals surface area (Å²) >= 11 is 1.34. The van der Waals surface area contributed by atoms with Crippen molar-refractivity contribution in [2.45, 2.75) is 29.8 Å². The van der Waals surface area contributed by atoms with Crippen LogP contribution in [-0.4, -0.2) is 30.6 Å². The molecule has 0 aromatic carbocycles. The molecule has 0 saturated carbocycles. The Balaban J connectivity index is 2.38. The van der Waals surface area contributed by atoms with E-state index >= 15 is 0 Å². The van der Waals surface area contributed by atoms with Crippen molar-refractivity contribution in [3.05, 3.63) is 38.7 Å². The van der Waals surface area contributed by atoms with Gasteiger partial charge in [-0.15, -0.1) is 0 Å². The van der Waals surface area contributed by atoms with Crippen LogP contribution in [0.2, 0.25) is 0 Å². The molecule has 8 nitrogen and oxygen atoms in total. The molecule has 0 saturated heterocycles. The lowest BCUT2D eigenvalue weighted by Crippen LogP contribution is -2.34. The van der Waals surface area contributed by atoms with Crippen molar-refractivity contribution in [2.75, 3.05) is 0 Å². The summed E-state index contributed by atoms with van der Waals surface area (Å²) in [4.78, 5) is 26.5. The fourth-order valence-electron chi connectivity index (χ4n) is 1.88. The minimum absolute atomic E-state index is 0.104. The summed E-state index contributed by atoms with van der Waals surface area (Å²) < 4.78 is 3.13. The molecular weight excluding hydrogens is 292 g/mol. The number of aryl methyl sites for hydroxylation is 2. The average Bonchev–Trinajstić information content (AvgIpc) is 2.87. The maximum atomic E-state index is 11.4. The smallest absolute Gasteiger partial charge is 0.326 e. The van der Waals surface area contributed by atoms with Gasteiger partial charge in [0.1, 0.15) is 0 Å². The quantitative estimate of drug-likeness (QED) is 0.583. The highest BCUT2D eigenvalue weighted by Gasteiger charge is 2.23. The Morgan fingerprint density at radius 2 is 2.14 bits per heavy atom. The predicted molar refractivity (Wildman–Crippen MR) is 80.2 cm³/mol. The molecule has 0 fully saturated rings. The molecule has 114 valence electrons. The second-order valence-corrected chi connectivity index (χ2v) is 5.87. The molecule has 0 aliphatic carbocycles. The lowest BCUT2D eigenvalue weighted by atomic mass is 10.1. The standard InChI is InChI=1S/C12H18N6O2S/c1-4-8(13)9(7-5-14-17(2)6-7)21-12-15-10(19)11(20)16-18(12)3/h5-6,8-9H,4,13H2,1-3H3,(H,16,20). The first-order valence-electron chi connectivity index (χ1n) is 6.50. The number of nitrogens with one attached hydrogen (secondary N) is 1. The van der Waals surface area contributed by atoms with Crippen molar-refractivity contribution in [2.24, 2.45) is 19.8 Å². The zero-order valence-electron chi connectivity index (χ0n) is 12.1. The second-order valence-electron chi connectivity index (χ2n) is 4.76. The minimum atomic E-state index is -0.800. The van der Waals surface area contributed by atoms with E-state index in [1.165, 1.54) is 16.4 Å². The molecule has 3 N–H and O–H groups in total. The van der Waals surface area contributed by atoms with Gasteiger partial charge in [-0.3, -0.25) is 24.1 Å². The van der Waals surface area contributed by atoms with Crippen LogP contribution in [0.25, 0.3) is 0 Å². The summed E-state index contributed by atoms with van der Waals surface area (Å²) in [7, 11) is 3.46. The molecule has 2 rings (SSSR count). The summed E-state index contributed by atoms with van der Waals surface area (Å²) in [6, 6.07) is -0.122. The maximum absolute atomic E-state index is 11.4. The number of H-pyrrole nitrogens is 1. The Kier molecular flexibility index (Phi) is 4.63. The van der Waals surface area contributed by atoms with Crippen LogP contribution in [0, 0.1) is 0 Å². The highest BCUT2D eigenvalue weighted by Crippen LogP contribution is 2.36. The number of thioether (sulfide) groups is 1. The Bertz CT molecular complexity index is 734. The Labute approximate surface area is 125 Å². The zero-order chi connectivity index (χ0) is 15.6. The average molecular weight is 310 g/mol. The molecule has 21 heavy (non-hydrogen) atoms. The first kappa shape index (κ1) is 15.5. The van der Waals surface area contributed by atoms with Crippen molar-refractivity contribution >= 4 is 11.8 Å². The highest BCUT2D eigenvalue weighted by atomic mass is 32.2. The fraction of sp³-hybridized carbons (Fsp3) is 0.500. The van der Waals surface area contributed by atoms with E-state index in [1.807, 2.05) is 20.2 Å². The van der Waals surface area contributed by atoms with Crippen LogP contribution in [-0.2, 0) is 14.1 Å². The van der Waals surface area contributed by atoms with E-state index in [1.54, 1.807) is 17.9 Å². The SMILES string of the molecule is CCC(N)C(Sc1nc(=O)c(=O)[nH]n1C)c1cnn(C)c1. The normalized spacial score (nSPS) is 14.1. The van der Waals surface area contributed by atoms with Gasteiger partial charge in [0.05, 0.1) is 11.4 Å². The van der Waals surface area contributed by atoms with E-state index in [0.717, 1.165) is 12.0 Å². The van der Waals surface area contributed by atoms with Crippen molar-refractivity contribution < 1.29 is 0 Å². The van der Waals surface area contributed by atoms with Gasteiger partial charge in [0.25, 0.3) is 0 Å². The number of rotatable bonds is 5. The lowest BCUT2D eigenvalue weighted by molar-refractivity contribution is 0.585. The lowest BCUT2D eigenvalue weighted by Gasteiger charge is -2.21. The number of hydrogen-bond donors (Lipinski definition) is 2. The number of aromatic nitrogens is 5. The van der Waals surface area contributed by atoms with Crippen LogP contribution in [0.15, 0.2) is 27.1 Å². The number of nitrogens with zero attached hydrogens (tertiary/aromatic N) is 4. The van der Waals surface area contributed by atoms with Gasteiger partial charge in [-0.25, -0.2) is 0 Å². The van der Waals surface area contributed by atoms with Crippen molar-refractivity contribution in [3.63, 3.8) is 0 Å². The number of aromatic amines is 1. The summed E-state index contributed by atoms with van der Waals surface area (Å²) in [5, 5.41) is 6.89. The maximum Gasteiger partial charge on any atom is 0.339 e. The molecule has 0 radical (unpaired) electrons. The molecule has 2 aromatic heterocycles. The summed E-state index contributed by atoms with van der Waals surface area (Å²) in [6.45, 7) is 1.99. The largest absolute Gasteiger partial charge is 0.339 e. The monoisotopic (exact) mass is 310 g/mol. The Morgan fingerprint density at radius 1 is 1.43 bits per heavy atom. The van der Waals surface area contributed by atoms with Gasteiger partial charge in [-0.2, -0.15) is 10.1 Å². The second kappa shape index (κ2) is 6.27. The molecule has 0 amide bonds. The van der Waals surface area contributed by atoms with Gasteiger partial charge < -0.3 is 5.73 Å². The highest BCUT2D eigenvalue weighted by molar-refractivity contribution is 7.99. The third-order valence-electron chi connectivity index (χ3n) is 3.09. The van der Waals surface area contributed by atoms with Crippen LogP contribution in [0.3, 0.4) is 0 Å². The number of hydrogen-bond acceptors (Lipinski definition) is 6. The predicted octanol–water partition coefficient (Wildman–Crippen LogP) is -0.227. The number of nitrogens with two attached hydrogens (primary N) is 1. The van der Waals surface area contributed by atoms with Crippen LogP contribution >= 0.6 is 11.8 Å². The first-order chi connectivity index (χ1) is 9.92. The van der Waals surface area contributed by atoms with Gasteiger partial charge in [0.15, 0.2) is 5.16 Å². The van der Waals surface area contributed by atoms with E-state index in [-0.39, 0.29) is 11.3 Å². The van der Waals surface area contributed by atoms with Gasteiger partial charge in [-0.1, -0.05) is 18.7 Å². The molecule has 2 aromatic rings. The third kappa shape index (κ3) is 3.42. The zero-order valence-corrected chi connectivity index (χ0v) is 12.9. The minimum Gasteiger partial charge on any atom is -0.326 e. The van der Waals surface area contributed by atoms with E-state index in [9.17, 15) is 9.59 Å². The molecule has 2 heterocycles. The van der Waals surface area contributed by atoms with Crippen molar-refractivity contribution in [1.29, 1.82) is 0 Å². The Hall–Kier alpha value is -1.87. The van der Waals surface area contributed by atoms with Crippen LogP contribution in [0.4, 0.5) is 0 Å². The summed E-state index contributed by atoms with van der Waals surface area (Å²) in [5.74, 6) is 0. The van der Waals surface area contributed by atoms with Crippen molar-refractivity contribution in [1.82, 2.24) is 24.5 Å². The molecule has 0 bridgehead atoms. The van der Waals surface area contributed by atoms with Gasteiger partial charge in [0.2, 0.25) is 0 Å². The van der Waals surface area contributed by atoms with Crippen molar-refractivity contribution in [3.8, 4) is 0 Å². The molecule has 9 heteroatoms. The van der Waals surface area contributed by atoms with E-state index < -0.39 is 11.1 Å². The van der Waals surface area contributed by atoms with Crippen LogP contribution < -0.4 is 16.9 Å². The molecule has 0 aliphatic heterocycles. The van der Waals surface area contributed by atoms with Crippen LogP contribution in [0.5, 0.6) is 0 Å². The molecular formula is C12H18N6O2S. The molecule has 2 atom stereocenters. The van der Waals surface area contributed by atoms with E-state index in [0.29, 0.717) is 5.16 Å². The molecule has 0 spiro atoms. The summed E-state index contributed by atoms with van der Waals surface area (Å²) in [5.41, 5.74) is 5.60. The van der Waals surface area contributed by atoms with E-state index in [4.69, 9.17) is 5.73 Å². The fourth-order valence-corrected chi connectivity index (χ4v) is 3.07. The molecule has 0 aliphatic rings. The third-order valence-corrected chi connectivity index (χ3v) is 4.55. The van der Waals surface area contributed by atoms with E-state index in [2.05, 4.69) is 15.2 Å².